The van der Waals surface area contributed by atoms with E-state index >= 15 is 0 Å². The molecule has 0 bridgehead atoms. The SMILES string of the molecule is CCOC(=O)Oc1c(C(C)(C)C)cc(C(=O)Oc2ccc(C(C)(C)C)cc2C(C)(C)C)cc1C(C)(C)C. The summed E-state index contributed by atoms with van der Waals surface area (Å²) in [6, 6.07) is 9.60. The fraction of sp³-hybridized carbons (Fsp3) is 0.562. The van der Waals surface area contributed by atoms with Crippen LogP contribution in [-0.2, 0) is 26.4 Å². The molecule has 2 aromatic carbocycles. The van der Waals surface area contributed by atoms with Gasteiger partial charge in [-0.3, -0.25) is 0 Å². The highest BCUT2D eigenvalue weighted by molar-refractivity contribution is 5.92. The molecule has 0 aliphatic rings. The van der Waals surface area contributed by atoms with E-state index in [0.29, 0.717) is 17.1 Å². The van der Waals surface area contributed by atoms with E-state index in [1.54, 1.807) is 19.1 Å². The van der Waals surface area contributed by atoms with Gasteiger partial charge in [-0.05, 0) is 52.3 Å². The van der Waals surface area contributed by atoms with Gasteiger partial charge < -0.3 is 14.2 Å². The molecule has 0 unspecified atom stereocenters. The minimum absolute atomic E-state index is 0.0273. The van der Waals surface area contributed by atoms with Crippen molar-refractivity contribution < 1.29 is 23.8 Å². The van der Waals surface area contributed by atoms with E-state index in [1.165, 1.54) is 5.56 Å². The Morgan fingerprint density at radius 3 is 1.54 bits per heavy atom. The summed E-state index contributed by atoms with van der Waals surface area (Å²) in [6.45, 7) is 26.9. The monoisotopic (exact) mass is 510 g/mol. The molecule has 0 aliphatic carbocycles. The van der Waals surface area contributed by atoms with Crippen molar-refractivity contribution in [3.05, 3.63) is 58.1 Å². The van der Waals surface area contributed by atoms with Crippen molar-refractivity contribution in [2.24, 2.45) is 0 Å². The molecular formula is C32H46O5. The molecule has 204 valence electrons. The number of carbonyl (C=O) groups excluding carboxylic acids is 2. The minimum atomic E-state index is -0.761. The Morgan fingerprint density at radius 2 is 1.14 bits per heavy atom. The molecule has 0 aliphatic heterocycles. The molecule has 37 heavy (non-hydrogen) atoms. The third kappa shape index (κ3) is 7.59. The molecular weight excluding hydrogens is 464 g/mol. The van der Waals surface area contributed by atoms with E-state index in [2.05, 4.69) is 47.6 Å². The van der Waals surface area contributed by atoms with E-state index in [9.17, 15) is 9.59 Å². The van der Waals surface area contributed by atoms with Gasteiger partial charge in [0, 0.05) is 16.7 Å². The Kier molecular flexibility index (Phi) is 8.64. The highest BCUT2D eigenvalue weighted by atomic mass is 16.7. The summed E-state index contributed by atoms with van der Waals surface area (Å²) in [5, 5.41) is 0. The van der Waals surface area contributed by atoms with E-state index in [1.807, 2.05) is 53.7 Å². The van der Waals surface area contributed by atoms with Gasteiger partial charge in [0.2, 0.25) is 0 Å². The zero-order valence-electron chi connectivity index (χ0n) is 25.1. The van der Waals surface area contributed by atoms with Crippen molar-refractivity contribution in [3.63, 3.8) is 0 Å². The van der Waals surface area contributed by atoms with Crippen LogP contribution in [0.3, 0.4) is 0 Å². The number of hydrogen-bond donors (Lipinski definition) is 0. The van der Waals surface area contributed by atoms with E-state index in [0.717, 1.165) is 16.7 Å². The van der Waals surface area contributed by atoms with Crippen LogP contribution in [0.25, 0.3) is 0 Å². The van der Waals surface area contributed by atoms with Crippen molar-refractivity contribution in [2.75, 3.05) is 6.61 Å². The Balaban J connectivity index is 2.67. The molecule has 0 aromatic heterocycles. The Labute approximate surface area is 223 Å². The lowest BCUT2D eigenvalue weighted by molar-refractivity contribution is 0.0731. The van der Waals surface area contributed by atoms with Crippen molar-refractivity contribution in [1.82, 2.24) is 0 Å². The first-order valence-electron chi connectivity index (χ1n) is 13.1. The zero-order chi connectivity index (χ0) is 28.6. The number of hydrogen-bond acceptors (Lipinski definition) is 5. The molecule has 0 saturated heterocycles. The maximum atomic E-state index is 13.6. The maximum absolute atomic E-state index is 13.6. The van der Waals surface area contributed by atoms with Gasteiger partial charge in [0.15, 0.2) is 0 Å². The summed E-state index contributed by atoms with van der Waals surface area (Å²) in [5.41, 5.74) is 2.96. The molecule has 0 radical (unpaired) electrons. The van der Waals surface area contributed by atoms with E-state index in [4.69, 9.17) is 14.2 Å². The van der Waals surface area contributed by atoms with Crippen LogP contribution in [0.4, 0.5) is 4.79 Å². The Hall–Kier alpha value is -2.82. The average Bonchev–Trinajstić information content (AvgIpc) is 2.70. The Morgan fingerprint density at radius 1 is 0.649 bits per heavy atom. The predicted molar refractivity (Wildman–Crippen MR) is 150 cm³/mol. The van der Waals surface area contributed by atoms with Crippen LogP contribution in [0.5, 0.6) is 11.5 Å². The largest absolute Gasteiger partial charge is 0.513 e. The van der Waals surface area contributed by atoms with Crippen molar-refractivity contribution in [3.8, 4) is 11.5 Å². The highest BCUT2D eigenvalue weighted by Crippen LogP contribution is 2.42. The van der Waals surface area contributed by atoms with E-state index < -0.39 is 23.0 Å². The zero-order valence-corrected chi connectivity index (χ0v) is 25.1. The fourth-order valence-electron chi connectivity index (χ4n) is 4.03. The molecule has 0 N–H and O–H groups in total. The van der Waals surface area contributed by atoms with Crippen molar-refractivity contribution in [2.45, 2.75) is 112 Å². The minimum Gasteiger partial charge on any atom is -0.434 e. The topological polar surface area (TPSA) is 61.8 Å². The van der Waals surface area contributed by atoms with Gasteiger partial charge in [0.05, 0.1) is 12.2 Å². The van der Waals surface area contributed by atoms with Crippen LogP contribution in [0.15, 0.2) is 30.3 Å². The van der Waals surface area contributed by atoms with Crippen LogP contribution < -0.4 is 9.47 Å². The molecule has 0 saturated carbocycles. The predicted octanol–water partition coefficient (Wildman–Crippen LogP) is 8.63. The lowest BCUT2D eigenvalue weighted by Crippen LogP contribution is -2.24. The average molecular weight is 511 g/mol. The van der Waals surface area contributed by atoms with Crippen LogP contribution >= 0.6 is 0 Å². The normalized spacial score (nSPS) is 12.8. The summed E-state index contributed by atoms with van der Waals surface area (Å²) in [7, 11) is 0. The number of esters is 1. The molecule has 5 heteroatoms. The second kappa shape index (κ2) is 10.5. The third-order valence-electron chi connectivity index (χ3n) is 6.24. The van der Waals surface area contributed by atoms with E-state index in [-0.39, 0.29) is 17.4 Å². The maximum Gasteiger partial charge on any atom is 0.513 e. The molecule has 0 fully saturated rings. The fourth-order valence-corrected chi connectivity index (χ4v) is 4.03. The van der Waals surface area contributed by atoms with Crippen molar-refractivity contribution in [1.29, 1.82) is 0 Å². The summed E-state index contributed by atoms with van der Waals surface area (Å²) in [5.74, 6) is 0.527. The van der Waals surface area contributed by atoms with Gasteiger partial charge in [-0.15, -0.1) is 0 Å². The van der Waals surface area contributed by atoms with Gasteiger partial charge in [-0.2, -0.15) is 0 Å². The number of ether oxygens (including phenoxy) is 3. The number of carbonyl (C=O) groups is 2. The first-order valence-corrected chi connectivity index (χ1v) is 13.1. The quantitative estimate of drug-likeness (QED) is 0.234. The first-order chi connectivity index (χ1) is 16.7. The lowest BCUT2D eigenvalue weighted by atomic mass is 9.78. The van der Waals surface area contributed by atoms with Crippen molar-refractivity contribution >= 4 is 12.1 Å². The van der Waals surface area contributed by atoms with Gasteiger partial charge in [0.1, 0.15) is 11.5 Å². The van der Waals surface area contributed by atoms with Gasteiger partial charge in [-0.1, -0.05) is 95.2 Å². The first kappa shape index (κ1) is 30.4. The smallest absolute Gasteiger partial charge is 0.434 e. The second-order valence-corrected chi connectivity index (χ2v) is 13.8. The summed E-state index contributed by atoms with van der Waals surface area (Å²) in [6.07, 6.45) is -0.761. The molecule has 2 rings (SSSR count). The second-order valence-electron chi connectivity index (χ2n) is 13.8. The summed E-state index contributed by atoms with van der Waals surface area (Å²) < 4.78 is 16.8. The van der Waals surface area contributed by atoms with Crippen LogP contribution in [0, 0.1) is 0 Å². The van der Waals surface area contributed by atoms with Gasteiger partial charge in [0.25, 0.3) is 0 Å². The third-order valence-corrected chi connectivity index (χ3v) is 6.24. The summed E-state index contributed by atoms with van der Waals surface area (Å²) in [4.78, 5) is 25.9. The molecule has 0 atom stereocenters. The molecule has 0 spiro atoms. The van der Waals surface area contributed by atoms with Crippen LogP contribution in [-0.4, -0.2) is 18.7 Å². The summed E-state index contributed by atoms with van der Waals surface area (Å²) >= 11 is 0. The number of benzene rings is 2. The molecule has 2 aromatic rings. The molecule has 0 heterocycles. The standard InChI is InChI=1S/C32H46O5/c1-14-35-28(34)37-26-23(31(8,9)10)17-20(18-24(26)32(11,12)13)27(33)36-25-16-15-21(29(2,3)4)19-22(25)30(5,6)7/h15-19H,14H2,1-13H3. The Bertz CT molecular complexity index is 1110. The van der Waals surface area contributed by atoms with Crippen LogP contribution in [0.2, 0.25) is 0 Å². The molecule has 0 amide bonds. The van der Waals surface area contributed by atoms with Crippen LogP contribution in [0.1, 0.15) is 123 Å². The lowest BCUT2D eigenvalue weighted by Gasteiger charge is -2.30. The molecule has 5 nitrogen and oxygen atoms in total. The van der Waals surface area contributed by atoms with Gasteiger partial charge >= 0.3 is 12.1 Å². The highest BCUT2D eigenvalue weighted by Gasteiger charge is 2.32. The van der Waals surface area contributed by atoms with Gasteiger partial charge in [-0.25, -0.2) is 9.59 Å². The number of rotatable bonds is 4.